The van der Waals surface area contributed by atoms with Gasteiger partial charge in [-0.15, -0.1) is 0 Å². The molecule has 0 bridgehead atoms. The Balaban J connectivity index is -0.000000180. The maximum absolute atomic E-state index is 8.40. The second-order valence-electron chi connectivity index (χ2n) is 2.02. The van der Waals surface area contributed by atoms with Crippen molar-refractivity contribution in [2.45, 2.75) is 29.7 Å². The fraction of sp³-hybridized carbons (Fsp3) is 0.500. The number of hydrogen-bond donors (Lipinski definition) is 2. The monoisotopic (exact) mass is 234 g/mol. The van der Waals surface area contributed by atoms with E-state index in [0.29, 0.717) is 11.5 Å². The standard InChI is InChI=1S/C8H10O4.4CH4/c9-5-11-7-1-2-8(4-3-7)12-6-10;;;;/h1-4,9-10H,5-6H2;4*1H4. The molecule has 98 valence electrons. The Labute approximate surface area is 99.5 Å². The normalized spacial score (nSPS) is 7.12. The molecule has 1 rings (SSSR count). The van der Waals surface area contributed by atoms with E-state index in [-0.39, 0.29) is 43.3 Å². The van der Waals surface area contributed by atoms with E-state index in [4.69, 9.17) is 19.7 Å². The zero-order valence-corrected chi connectivity index (χ0v) is 6.43. The van der Waals surface area contributed by atoms with Crippen molar-refractivity contribution in [3.8, 4) is 11.5 Å². The Kier molecular flexibility index (Phi) is 20.7. The van der Waals surface area contributed by atoms with Crippen molar-refractivity contribution >= 4 is 0 Å². The van der Waals surface area contributed by atoms with Crippen molar-refractivity contribution in [3.63, 3.8) is 0 Å². The van der Waals surface area contributed by atoms with E-state index in [1.54, 1.807) is 24.3 Å². The first-order chi connectivity index (χ1) is 5.86. The molecule has 0 aliphatic heterocycles. The molecule has 4 heteroatoms. The molecule has 0 saturated carbocycles. The molecule has 0 atom stereocenters. The molecule has 0 spiro atoms. The molecule has 4 nitrogen and oxygen atoms in total. The molecule has 1 aromatic carbocycles. The molecule has 0 aromatic heterocycles. The maximum atomic E-state index is 8.40. The van der Waals surface area contributed by atoms with Crippen LogP contribution in [-0.4, -0.2) is 23.8 Å². The highest BCUT2D eigenvalue weighted by molar-refractivity contribution is 5.30. The summed E-state index contributed by atoms with van der Waals surface area (Å²) in [6.45, 7) is -0.694. The Morgan fingerprint density at radius 3 is 1.12 bits per heavy atom. The molecule has 0 fully saturated rings. The van der Waals surface area contributed by atoms with Gasteiger partial charge in [0.15, 0.2) is 13.6 Å². The van der Waals surface area contributed by atoms with Crippen molar-refractivity contribution in [1.29, 1.82) is 0 Å². The lowest BCUT2D eigenvalue weighted by molar-refractivity contribution is 0.0947. The minimum Gasteiger partial charge on any atom is -0.468 e. The first-order valence-corrected chi connectivity index (χ1v) is 3.44. The van der Waals surface area contributed by atoms with Gasteiger partial charge < -0.3 is 19.7 Å². The van der Waals surface area contributed by atoms with Crippen LogP contribution in [0, 0.1) is 0 Å². The first-order valence-electron chi connectivity index (χ1n) is 3.44. The van der Waals surface area contributed by atoms with Gasteiger partial charge in [0, 0.05) is 0 Å². The highest BCUT2D eigenvalue weighted by atomic mass is 16.6. The van der Waals surface area contributed by atoms with Gasteiger partial charge in [0.05, 0.1) is 0 Å². The lowest BCUT2D eigenvalue weighted by Gasteiger charge is -2.03. The number of hydrogen-bond acceptors (Lipinski definition) is 4. The van der Waals surface area contributed by atoms with Crippen LogP contribution < -0.4 is 9.47 Å². The van der Waals surface area contributed by atoms with Crippen LogP contribution in [-0.2, 0) is 0 Å². The minimum absolute atomic E-state index is 0. The van der Waals surface area contributed by atoms with Gasteiger partial charge in [0.25, 0.3) is 0 Å². The molecule has 0 heterocycles. The van der Waals surface area contributed by atoms with E-state index in [9.17, 15) is 0 Å². The highest BCUT2D eigenvalue weighted by Crippen LogP contribution is 2.16. The average Bonchev–Trinajstić information content (AvgIpc) is 2.09. The van der Waals surface area contributed by atoms with Crippen LogP contribution in [0.2, 0.25) is 0 Å². The van der Waals surface area contributed by atoms with Crippen molar-refractivity contribution in [2.24, 2.45) is 0 Å². The number of aliphatic hydroxyl groups excluding tert-OH is 2. The fourth-order valence-electron chi connectivity index (χ4n) is 0.781. The third-order valence-corrected chi connectivity index (χ3v) is 1.29. The predicted octanol–water partition coefficient (Wildman–Crippen LogP) is 2.89. The Morgan fingerprint density at radius 1 is 0.688 bits per heavy atom. The average molecular weight is 234 g/mol. The van der Waals surface area contributed by atoms with Crippen LogP contribution in [0.4, 0.5) is 0 Å². The second kappa shape index (κ2) is 13.7. The Bertz CT molecular complexity index is 196. The van der Waals surface area contributed by atoms with Crippen LogP contribution in [0.15, 0.2) is 24.3 Å². The lowest BCUT2D eigenvalue weighted by Crippen LogP contribution is -1.96. The molecular weight excluding hydrogens is 208 g/mol. The summed E-state index contributed by atoms with van der Waals surface area (Å²) in [5.74, 6) is 1.12. The third-order valence-electron chi connectivity index (χ3n) is 1.29. The van der Waals surface area contributed by atoms with Crippen LogP contribution >= 0.6 is 0 Å². The predicted molar refractivity (Wildman–Crippen MR) is 68.8 cm³/mol. The van der Waals surface area contributed by atoms with Crippen LogP contribution in [0.25, 0.3) is 0 Å². The molecule has 1 aromatic rings. The van der Waals surface area contributed by atoms with Crippen molar-refractivity contribution in [3.05, 3.63) is 24.3 Å². The molecular formula is C12H26O4. The van der Waals surface area contributed by atoms with Crippen LogP contribution in [0.1, 0.15) is 29.7 Å². The lowest BCUT2D eigenvalue weighted by atomic mass is 10.3. The summed E-state index contributed by atoms with van der Waals surface area (Å²) in [5.41, 5.74) is 0. The summed E-state index contributed by atoms with van der Waals surface area (Å²) in [7, 11) is 0. The molecule has 0 aliphatic rings. The molecule has 2 N–H and O–H groups in total. The number of rotatable bonds is 4. The number of benzene rings is 1. The highest BCUT2D eigenvalue weighted by Gasteiger charge is 1.93. The fourth-order valence-corrected chi connectivity index (χ4v) is 0.781. The summed E-state index contributed by atoms with van der Waals surface area (Å²) in [5, 5.41) is 16.8. The second-order valence-corrected chi connectivity index (χ2v) is 2.02. The summed E-state index contributed by atoms with van der Waals surface area (Å²) in [4.78, 5) is 0. The van der Waals surface area contributed by atoms with E-state index >= 15 is 0 Å². The van der Waals surface area contributed by atoms with Gasteiger partial charge in [0.2, 0.25) is 0 Å². The molecule has 0 radical (unpaired) electrons. The topological polar surface area (TPSA) is 58.9 Å². The summed E-state index contributed by atoms with van der Waals surface area (Å²) < 4.78 is 9.55. The molecule has 0 unspecified atom stereocenters. The zero-order chi connectivity index (χ0) is 8.81. The smallest absolute Gasteiger partial charge is 0.186 e. The summed E-state index contributed by atoms with van der Waals surface area (Å²) >= 11 is 0. The maximum Gasteiger partial charge on any atom is 0.186 e. The molecule has 0 saturated heterocycles. The largest absolute Gasteiger partial charge is 0.468 e. The molecule has 0 amide bonds. The minimum atomic E-state index is -0.347. The van der Waals surface area contributed by atoms with Crippen LogP contribution in [0.3, 0.4) is 0 Å². The van der Waals surface area contributed by atoms with Crippen molar-refractivity contribution in [2.75, 3.05) is 13.6 Å². The quantitative estimate of drug-likeness (QED) is 0.786. The molecule has 0 aliphatic carbocycles. The number of aliphatic hydroxyl groups is 2. The van der Waals surface area contributed by atoms with Gasteiger partial charge in [-0.2, -0.15) is 0 Å². The van der Waals surface area contributed by atoms with Gasteiger partial charge in [-0.3, -0.25) is 0 Å². The van der Waals surface area contributed by atoms with Gasteiger partial charge in [-0.25, -0.2) is 0 Å². The SMILES string of the molecule is C.C.C.C.OCOc1ccc(OCO)cc1. The third kappa shape index (κ3) is 8.08. The van der Waals surface area contributed by atoms with E-state index < -0.39 is 0 Å². The van der Waals surface area contributed by atoms with Gasteiger partial charge in [0.1, 0.15) is 11.5 Å². The summed E-state index contributed by atoms with van der Waals surface area (Å²) in [6, 6.07) is 6.56. The van der Waals surface area contributed by atoms with E-state index in [1.807, 2.05) is 0 Å². The first kappa shape index (κ1) is 24.1. The summed E-state index contributed by atoms with van der Waals surface area (Å²) in [6.07, 6.45) is 0. The molecule has 16 heavy (non-hydrogen) atoms. The van der Waals surface area contributed by atoms with Gasteiger partial charge >= 0.3 is 0 Å². The Morgan fingerprint density at radius 2 is 0.938 bits per heavy atom. The van der Waals surface area contributed by atoms with Crippen molar-refractivity contribution in [1.82, 2.24) is 0 Å². The van der Waals surface area contributed by atoms with Crippen molar-refractivity contribution < 1.29 is 19.7 Å². The van der Waals surface area contributed by atoms with E-state index in [0.717, 1.165) is 0 Å². The van der Waals surface area contributed by atoms with E-state index in [1.165, 1.54) is 0 Å². The van der Waals surface area contributed by atoms with Gasteiger partial charge in [-0.1, -0.05) is 29.7 Å². The van der Waals surface area contributed by atoms with Crippen LogP contribution in [0.5, 0.6) is 11.5 Å². The van der Waals surface area contributed by atoms with Gasteiger partial charge in [-0.05, 0) is 24.3 Å². The Hall–Kier alpha value is -1.26. The zero-order valence-electron chi connectivity index (χ0n) is 6.43. The van der Waals surface area contributed by atoms with E-state index in [2.05, 4.69) is 0 Å². The number of ether oxygens (including phenoxy) is 2.